The molecule has 0 bridgehead atoms. The molecular weight excluding hydrogens is 276 g/mol. The van der Waals surface area contributed by atoms with Gasteiger partial charge in [0.1, 0.15) is 0 Å². The van der Waals surface area contributed by atoms with E-state index in [0.717, 1.165) is 20.1 Å². The molecule has 0 atom stereocenters. The second-order valence-corrected chi connectivity index (χ2v) is 6.12. The van der Waals surface area contributed by atoms with Crippen molar-refractivity contribution in [1.29, 1.82) is 0 Å². The van der Waals surface area contributed by atoms with Gasteiger partial charge in [-0.25, -0.2) is 10.8 Å². The van der Waals surface area contributed by atoms with Crippen molar-refractivity contribution in [3.63, 3.8) is 0 Å². The summed E-state index contributed by atoms with van der Waals surface area (Å²) in [5, 5.41) is 8.09. The number of nitrogens with two attached hydrogens (primary N) is 1. The van der Waals surface area contributed by atoms with Crippen LogP contribution in [0.3, 0.4) is 0 Å². The maximum Gasteiger partial charge on any atom is 0.175 e. The average molecular weight is 286 g/mol. The van der Waals surface area contributed by atoms with Crippen LogP contribution in [0.5, 0.6) is 0 Å². The highest BCUT2D eigenvalue weighted by Crippen LogP contribution is 2.28. The molecule has 2 aromatic heterocycles. The van der Waals surface area contributed by atoms with E-state index in [1.165, 1.54) is 0 Å². The molecule has 0 amide bonds. The van der Waals surface area contributed by atoms with Gasteiger partial charge in [-0.15, -0.1) is 10.2 Å². The molecule has 2 rings (SSSR count). The van der Waals surface area contributed by atoms with Gasteiger partial charge in [0.15, 0.2) is 14.5 Å². The maximum absolute atomic E-state index is 5.21. The topological polar surface area (TPSA) is 89.6 Å². The monoisotopic (exact) mass is 286 g/mol. The van der Waals surface area contributed by atoms with Crippen molar-refractivity contribution >= 4 is 40.7 Å². The highest BCUT2D eigenvalue weighted by atomic mass is 32.2. The molecule has 0 unspecified atom stereocenters. The van der Waals surface area contributed by atoms with Crippen molar-refractivity contribution in [1.82, 2.24) is 20.2 Å². The van der Waals surface area contributed by atoms with Crippen LogP contribution in [0.15, 0.2) is 21.1 Å². The zero-order chi connectivity index (χ0) is 12.1. The summed E-state index contributed by atoms with van der Waals surface area (Å²) in [6.07, 6.45) is 5.28. The van der Waals surface area contributed by atoms with E-state index >= 15 is 0 Å². The number of nitrogen functional groups attached to an aromatic ring is 1. The largest absolute Gasteiger partial charge is 0.307 e. The van der Waals surface area contributed by atoms with Gasteiger partial charge in [-0.2, -0.15) is 0 Å². The van der Waals surface area contributed by atoms with Crippen LogP contribution in [0, 0.1) is 0 Å². The highest BCUT2D eigenvalue weighted by Gasteiger charge is 2.05. The highest BCUT2D eigenvalue weighted by molar-refractivity contribution is 8.02. The van der Waals surface area contributed by atoms with Crippen molar-refractivity contribution in [3.05, 3.63) is 18.1 Å². The Bertz CT molecular complexity index is 470. The summed E-state index contributed by atoms with van der Waals surface area (Å²) in [4.78, 5) is 8.30. The molecule has 3 N–H and O–H groups in total. The fourth-order valence-electron chi connectivity index (χ4n) is 0.978. The molecule has 0 aliphatic rings. The molecule has 2 heterocycles. The minimum atomic E-state index is 0.555. The minimum absolute atomic E-state index is 0.555. The van der Waals surface area contributed by atoms with Crippen molar-refractivity contribution < 1.29 is 0 Å². The lowest BCUT2D eigenvalue weighted by molar-refractivity contribution is 0.954. The molecule has 6 nitrogen and oxygen atoms in total. The number of aromatic nitrogens is 4. The number of rotatable bonds is 5. The standard InChI is InChI=1S/C8H10N6S3/c1-15-7-13-14-8(17-7)16-4-5-2-11-6(12-9)3-10-5/h2-3H,4,9H2,1H3,(H,11,12). The third-order valence-electron chi connectivity index (χ3n) is 1.76. The Morgan fingerprint density at radius 2 is 2.12 bits per heavy atom. The lowest BCUT2D eigenvalue weighted by atomic mass is 10.5. The van der Waals surface area contributed by atoms with E-state index in [1.54, 1.807) is 47.3 Å². The van der Waals surface area contributed by atoms with E-state index in [-0.39, 0.29) is 0 Å². The normalized spacial score (nSPS) is 10.5. The van der Waals surface area contributed by atoms with E-state index < -0.39 is 0 Å². The first-order valence-electron chi connectivity index (χ1n) is 4.59. The third kappa shape index (κ3) is 3.53. The summed E-state index contributed by atoms with van der Waals surface area (Å²) in [6.45, 7) is 0. The minimum Gasteiger partial charge on any atom is -0.307 e. The predicted molar refractivity (Wildman–Crippen MR) is 71.1 cm³/mol. The van der Waals surface area contributed by atoms with Gasteiger partial charge in [-0.3, -0.25) is 4.98 Å². The number of nitrogens with one attached hydrogen (secondary N) is 1. The first-order valence-corrected chi connectivity index (χ1v) is 7.62. The van der Waals surface area contributed by atoms with E-state index in [9.17, 15) is 0 Å². The lowest BCUT2D eigenvalue weighted by Crippen LogP contribution is -2.08. The first-order chi connectivity index (χ1) is 8.31. The number of anilines is 1. The van der Waals surface area contributed by atoms with Gasteiger partial charge in [0.25, 0.3) is 0 Å². The molecule has 0 aliphatic carbocycles. The molecule has 0 fully saturated rings. The predicted octanol–water partition coefficient (Wildman–Crippen LogP) is 1.63. The Hall–Kier alpha value is -0.900. The number of hydrazine groups is 1. The van der Waals surface area contributed by atoms with Gasteiger partial charge in [0.05, 0.1) is 18.1 Å². The molecule has 0 radical (unpaired) electrons. The van der Waals surface area contributed by atoms with Crippen molar-refractivity contribution in [2.75, 3.05) is 11.7 Å². The molecule has 90 valence electrons. The maximum atomic E-state index is 5.21. The van der Waals surface area contributed by atoms with Crippen LogP contribution >= 0.6 is 34.9 Å². The molecule has 0 aromatic carbocycles. The van der Waals surface area contributed by atoms with Crippen LogP contribution in [-0.4, -0.2) is 26.4 Å². The molecule has 17 heavy (non-hydrogen) atoms. The summed E-state index contributed by atoms with van der Waals surface area (Å²) >= 11 is 4.78. The van der Waals surface area contributed by atoms with Gasteiger partial charge in [-0.05, 0) is 6.26 Å². The van der Waals surface area contributed by atoms with Crippen LogP contribution in [0.2, 0.25) is 0 Å². The van der Waals surface area contributed by atoms with E-state index in [1.807, 2.05) is 6.26 Å². The molecule has 9 heteroatoms. The van der Waals surface area contributed by atoms with E-state index in [2.05, 4.69) is 25.6 Å². The fourth-order valence-corrected chi connectivity index (χ4v) is 3.31. The second-order valence-electron chi connectivity index (χ2n) is 2.86. The summed E-state index contributed by atoms with van der Waals surface area (Å²) in [5.41, 5.74) is 3.32. The molecule has 0 saturated carbocycles. The van der Waals surface area contributed by atoms with Crippen LogP contribution in [0.4, 0.5) is 5.82 Å². The van der Waals surface area contributed by atoms with Crippen LogP contribution in [0.25, 0.3) is 0 Å². The Morgan fingerprint density at radius 1 is 1.29 bits per heavy atom. The van der Waals surface area contributed by atoms with Crippen molar-refractivity contribution in [3.8, 4) is 0 Å². The second kappa shape index (κ2) is 6.15. The average Bonchev–Trinajstić information content (AvgIpc) is 2.85. The Kier molecular flexibility index (Phi) is 4.54. The first kappa shape index (κ1) is 12.6. The van der Waals surface area contributed by atoms with Crippen molar-refractivity contribution in [2.45, 2.75) is 14.4 Å². The van der Waals surface area contributed by atoms with Gasteiger partial charge in [0, 0.05) is 5.75 Å². The fraction of sp³-hybridized carbons (Fsp3) is 0.250. The zero-order valence-corrected chi connectivity index (χ0v) is 11.4. The molecule has 0 saturated heterocycles. The van der Waals surface area contributed by atoms with Crippen molar-refractivity contribution in [2.24, 2.45) is 5.84 Å². The van der Waals surface area contributed by atoms with Crippen LogP contribution in [-0.2, 0) is 5.75 Å². The lowest BCUT2D eigenvalue weighted by Gasteiger charge is -1.99. The quantitative estimate of drug-likeness (QED) is 0.487. The number of hydrogen-bond donors (Lipinski definition) is 2. The number of nitrogens with zero attached hydrogens (tertiary/aromatic N) is 4. The Labute approximate surface area is 111 Å². The molecule has 0 aliphatic heterocycles. The summed E-state index contributed by atoms with van der Waals surface area (Å²) in [6, 6.07) is 0. The Balaban J connectivity index is 1.92. The third-order valence-corrected chi connectivity index (χ3v) is 4.82. The number of hydrogen-bond acceptors (Lipinski definition) is 9. The van der Waals surface area contributed by atoms with Gasteiger partial charge in [0.2, 0.25) is 0 Å². The number of thioether (sulfide) groups is 2. The summed E-state index contributed by atoms with van der Waals surface area (Å²) in [7, 11) is 0. The van der Waals surface area contributed by atoms with Gasteiger partial charge < -0.3 is 5.43 Å². The SMILES string of the molecule is CSc1nnc(SCc2cnc(NN)cn2)s1. The van der Waals surface area contributed by atoms with Crippen LogP contribution in [0.1, 0.15) is 5.69 Å². The molecule has 2 aromatic rings. The van der Waals surface area contributed by atoms with Crippen LogP contribution < -0.4 is 11.3 Å². The van der Waals surface area contributed by atoms with E-state index in [4.69, 9.17) is 5.84 Å². The Morgan fingerprint density at radius 3 is 2.71 bits per heavy atom. The molecular formula is C8H10N6S3. The van der Waals surface area contributed by atoms with Gasteiger partial charge >= 0.3 is 0 Å². The zero-order valence-electron chi connectivity index (χ0n) is 8.95. The summed E-state index contributed by atoms with van der Waals surface area (Å²) < 4.78 is 1.92. The van der Waals surface area contributed by atoms with E-state index in [0.29, 0.717) is 5.82 Å². The molecule has 0 spiro atoms. The smallest absolute Gasteiger partial charge is 0.175 e. The van der Waals surface area contributed by atoms with Gasteiger partial charge in [-0.1, -0.05) is 34.9 Å². The summed E-state index contributed by atoms with van der Waals surface area (Å²) in [5.74, 6) is 6.48.